The first-order valence-corrected chi connectivity index (χ1v) is 9.74. The Kier molecular flexibility index (Phi) is 5.14. The molecule has 3 aromatic rings. The van der Waals surface area contributed by atoms with Gasteiger partial charge in [-0.3, -0.25) is 4.79 Å². The predicted molar refractivity (Wildman–Crippen MR) is 108 cm³/mol. The van der Waals surface area contributed by atoms with E-state index in [4.69, 9.17) is 4.74 Å². The number of para-hydroxylation sites is 1. The number of fused-ring (bicyclic) bond motifs is 1. The summed E-state index contributed by atoms with van der Waals surface area (Å²) in [7, 11) is 0. The number of likely N-dealkylation sites (tertiary alicyclic amines) is 1. The summed E-state index contributed by atoms with van der Waals surface area (Å²) >= 11 is 0. The van der Waals surface area contributed by atoms with E-state index in [0.717, 1.165) is 31.7 Å². The van der Waals surface area contributed by atoms with Crippen molar-refractivity contribution in [3.05, 3.63) is 65.9 Å². The molecule has 1 saturated heterocycles. The molecule has 0 atom stereocenters. The van der Waals surface area contributed by atoms with E-state index in [1.807, 2.05) is 35.2 Å². The quantitative estimate of drug-likeness (QED) is 0.718. The zero-order valence-electron chi connectivity index (χ0n) is 15.8. The molecule has 1 N–H and O–H groups in total. The molecule has 2 aromatic carbocycles. The molecule has 1 aliphatic rings. The fraction of sp³-hybridized carbons (Fsp3) is 0.348. The van der Waals surface area contributed by atoms with Gasteiger partial charge >= 0.3 is 0 Å². The van der Waals surface area contributed by atoms with E-state index in [-0.39, 0.29) is 5.91 Å². The Labute approximate surface area is 160 Å². The highest BCUT2D eigenvalue weighted by Crippen LogP contribution is 2.30. The number of ether oxygens (including phenoxy) is 1. The van der Waals surface area contributed by atoms with Crippen LogP contribution >= 0.6 is 0 Å². The molecular weight excluding hydrogens is 336 g/mol. The van der Waals surface area contributed by atoms with Crippen LogP contribution in [-0.2, 0) is 4.79 Å². The highest BCUT2D eigenvalue weighted by Gasteiger charge is 2.24. The Morgan fingerprint density at radius 1 is 1.11 bits per heavy atom. The largest absolute Gasteiger partial charge is 0.493 e. The monoisotopic (exact) mass is 362 g/mol. The number of nitrogens with zero attached hydrogens (tertiary/aromatic N) is 1. The molecule has 1 aromatic heterocycles. The first-order valence-electron chi connectivity index (χ1n) is 9.74. The average molecular weight is 362 g/mol. The van der Waals surface area contributed by atoms with Gasteiger partial charge in [0.15, 0.2) is 0 Å². The number of benzene rings is 2. The molecule has 4 rings (SSSR count). The van der Waals surface area contributed by atoms with Gasteiger partial charge in [-0.1, -0.05) is 29.8 Å². The zero-order valence-corrected chi connectivity index (χ0v) is 15.8. The number of piperidine rings is 1. The lowest BCUT2D eigenvalue weighted by molar-refractivity contribution is -0.132. The summed E-state index contributed by atoms with van der Waals surface area (Å²) in [6.07, 6.45) is 2.46. The lowest BCUT2D eigenvalue weighted by Gasteiger charge is -2.31. The number of carbonyl (C=O) groups is 1. The molecular formula is C23H26N2O2. The van der Waals surface area contributed by atoms with E-state index in [1.54, 1.807) is 0 Å². The van der Waals surface area contributed by atoms with Gasteiger partial charge in [0, 0.05) is 30.2 Å². The first kappa shape index (κ1) is 17.7. The van der Waals surface area contributed by atoms with E-state index in [9.17, 15) is 4.79 Å². The summed E-state index contributed by atoms with van der Waals surface area (Å²) in [6.45, 7) is 4.20. The minimum absolute atomic E-state index is 0.191. The van der Waals surface area contributed by atoms with Crippen LogP contribution in [0.5, 0.6) is 5.75 Å². The molecule has 140 valence electrons. The molecule has 27 heavy (non-hydrogen) atoms. The number of rotatable bonds is 5. The van der Waals surface area contributed by atoms with Crippen LogP contribution in [0.1, 0.15) is 36.4 Å². The van der Waals surface area contributed by atoms with Crippen molar-refractivity contribution in [2.24, 2.45) is 0 Å². The molecule has 4 nitrogen and oxygen atoms in total. The Morgan fingerprint density at radius 3 is 2.67 bits per heavy atom. The third-order valence-electron chi connectivity index (χ3n) is 5.41. The molecule has 0 radical (unpaired) electrons. The zero-order chi connectivity index (χ0) is 18.6. The number of aromatic nitrogens is 1. The van der Waals surface area contributed by atoms with Crippen molar-refractivity contribution < 1.29 is 9.53 Å². The molecule has 1 fully saturated rings. The molecule has 1 amide bonds. The maximum atomic E-state index is 12.4. The second kappa shape index (κ2) is 7.87. The summed E-state index contributed by atoms with van der Waals surface area (Å²) in [4.78, 5) is 18.0. The summed E-state index contributed by atoms with van der Waals surface area (Å²) in [5, 5.41) is 1.28. The third-order valence-corrected chi connectivity index (χ3v) is 5.41. The predicted octanol–water partition coefficient (Wildman–Crippen LogP) is 4.65. The summed E-state index contributed by atoms with van der Waals surface area (Å²) in [5.74, 6) is 1.51. The Balaban J connectivity index is 1.28. The van der Waals surface area contributed by atoms with E-state index < -0.39 is 0 Å². The molecule has 0 unspecified atom stereocenters. The Bertz CT molecular complexity index is 909. The lowest BCUT2D eigenvalue weighted by atomic mass is 9.93. The van der Waals surface area contributed by atoms with Gasteiger partial charge in [-0.05, 0) is 55.5 Å². The number of aryl methyl sites for hydroxylation is 1. The fourth-order valence-corrected chi connectivity index (χ4v) is 3.87. The van der Waals surface area contributed by atoms with Gasteiger partial charge in [0.05, 0.1) is 13.0 Å². The summed E-state index contributed by atoms with van der Waals surface area (Å²) in [6, 6.07) is 18.5. The molecule has 2 heterocycles. The van der Waals surface area contributed by atoms with E-state index >= 15 is 0 Å². The molecule has 0 bridgehead atoms. The van der Waals surface area contributed by atoms with Crippen molar-refractivity contribution in [2.45, 2.75) is 32.1 Å². The second-order valence-electron chi connectivity index (χ2n) is 7.38. The van der Waals surface area contributed by atoms with E-state index in [2.05, 4.69) is 36.2 Å². The normalized spacial score (nSPS) is 15.2. The van der Waals surface area contributed by atoms with Crippen LogP contribution in [0.15, 0.2) is 54.6 Å². The van der Waals surface area contributed by atoms with Gasteiger partial charge in [-0.15, -0.1) is 0 Å². The highest BCUT2D eigenvalue weighted by molar-refractivity contribution is 5.81. The minimum atomic E-state index is 0.191. The maximum Gasteiger partial charge on any atom is 0.225 e. The van der Waals surface area contributed by atoms with Gasteiger partial charge in [0.2, 0.25) is 5.91 Å². The van der Waals surface area contributed by atoms with Gasteiger partial charge in [0.25, 0.3) is 0 Å². The van der Waals surface area contributed by atoms with Crippen LogP contribution < -0.4 is 4.74 Å². The number of nitrogens with one attached hydrogen (secondary N) is 1. The minimum Gasteiger partial charge on any atom is -0.493 e. The van der Waals surface area contributed by atoms with Crippen molar-refractivity contribution in [3.8, 4) is 5.75 Å². The maximum absolute atomic E-state index is 12.4. The van der Waals surface area contributed by atoms with Crippen LogP contribution in [0.25, 0.3) is 10.9 Å². The third kappa shape index (κ3) is 4.16. The van der Waals surface area contributed by atoms with Crippen molar-refractivity contribution in [3.63, 3.8) is 0 Å². The van der Waals surface area contributed by atoms with Crippen molar-refractivity contribution in [1.29, 1.82) is 0 Å². The molecule has 4 heteroatoms. The number of hydrogen-bond acceptors (Lipinski definition) is 2. The van der Waals surface area contributed by atoms with Gasteiger partial charge in [-0.25, -0.2) is 0 Å². The number of aromatic amines is 1. The SMILES string of the molecule is Cc1ccc2[nH]c(C3CCN(C(=O)CCOc4ccccc4)CC3)cc2c1. The number of amides is 1. The van der Waals surface area contributed by atoms with Gasteiger partial charge in [-0.2, -0.15) is 0 Å². The van der Waals surface area contributed by atoms with Crippen molar-refractivity contribution in [1.82, 2.24) is 9.88 Å². The van der Waals surface area contributed by atoms with Crippen LogP contribution in [0.3, 0.4) is 0 Å². The number of H-pyrrole nitrogens is 1. The summed E-state index contributed by atoms with van der Waals surface area (Å²) in [5.41, 5.74) is 3.79. The van der Waals surface area contributed by atoms with E-state index in [0.29, 0.717) is 18.9 Å². The van der Waals surface area contributed by atoms with Crippen LogP contribution in [0.4, 0.5) is 0 Å². The Morgan fingerprint density at radius 2 is 1.89 bits per heavy atom. The number of carbonyl (C=O) groups excluding carboxylic acids is 1. The van der Waals surface area contributed by atoms with Crippen molar-refractivity contribution >= 4 is 16.8 Å². The Hall–Kier alpha value is -2.75. The second-order valence-corrected chi connectivity index (χ2v) is 7.38. The van der Waals surface area contributed by atoms with Crippen LogP contribution in [0.2, 0.25) is 0 Å². The van der Waals surface area contributed by atoms with E-state index in [1.165, 1.54) is 22.2 Å². The molecule has 0 saturated carbocycles. The molecule has 0 aliphatic carbocycles. The van der Waals surface area contributed by atoms with Gasteiger partial charge < -0.3 is 14.6 Å². The average Bonchev–Trinajstić information content (AvgIpc) is 3.12. The molecule has 0 spiro atoms. The lowest BCUT2D eigenvalue weighted by Crippen LogP contribution is -2.38. The van der Waals surface area contributed by atoms with Crippen LogP contribution in [0, 0.1) is 6.92 Å². The molecule has 1 aliphatic heterocycles. The smallest absolute Gasteiger partial charge is 0.225 e. The van der Waals surface area contributed by atoms with Gasteiger partial charge in [0.1, 0.15) is 5.75 Å². The first-order chi connectivity index (χ1) is 13.2. The summed E-state index contributed by atoms with van der Waals surface area (Å²) < 4.78 is 5.65. The fourth-order valence-electron chi connectivity index (χ4n) is 3.87. The standard InChI is InChI=1S/C23H26N2O2/c1-17-7-8-21-19(15-17)16-22(24-21)18-9-12-25(13-10-18)23(26)11-14-27-20-5-3-2-4-6-20/h2-8,15-16,18,24H,9-14H2,1H3. The number of hydrogen-bond donors (Lipinski definition) is 1. The topological polar surface area (TPSA) is 45.3 Å². The highest BCUT2D eigenvalue weighted by atomic mass is 16.5. The van der Waals surface area contributed by atoms with Crippen LogP contribution in [-0.4, -0.2) is 35.5 Å². The van der Waals surface area contributed by atoms with Crippen molar-refractivity contribution in [2.75, 3.05) is 19.7 Å².